The van der Waals surface area contributed by atoms with Crippen molar-refractivity contribution < 1.29 is 9.90 Å². The molecule has 1 aromatic rings. The molecule has 0 aromatic heterocycles. The second-order valence-corrected chi connectivity index (χ2v) is 3.58. The molecule has 0 radical (unpaired) electrons. The van der Waals surface area contributed by atoms with Crippen molar-refractivity contribution in [3.63, 3.8) is 0 Å². The van der Waals surface area contributed by atoms with Crippen molar-refractivity contribution in [2.75, 3.05) is 0 Å². The molecular formula is C10H12ClNO2. The van der Waals surface area contributed by atoms with E-state index in [9.17, 15) is 4.79 Å². The zero-order chi connectivity index (χ0) is 10.7. The average Bonchev–Trinajstić information content (AvgIpc) is 2.12. The first-order chi connectivity index (χ1) is 6.52. The van der Waals surface area contributed by atoms with Crippen molar-refractivity contribution in [1.82, 2.24) is 0 Å². The molecule has 0 fully saturated rings. The molecule has 3 nitrogen and oxygen atoms in total. The molecule has 0 bridgehead atoms. The first kappa shape index (κ1) is 11.0. The zero-order valence-electron chi connectivity index (χ0n) is 7.83. The van der Waals surface area contributed by atoms with Gasteiger partial charge in [0.1, 0.15) is 6.04 Å². The van der Waals surface area contributed by atoms with Crippen LogP contribution in [-0.4, -0.2) is 17.1 Å². The smallest absolute Gasteiger partial charge is 0.320 e. The molecular weight excluding hydrogens is 202 g/mol. The molecule has 0 aliphatic heterocycles. The summed E-state index contributed by atoms with van der Waals surface area (Å²) >= 11 is 5.89. The summed E-state index contributed by atoms with van der Waals surface area (Å²) in [6.07, 6.45) is 0.307. The van der Waals surface area contributed by atoms with Gasteiger partial charge in [-0.1, -0.05) is 23.7 Å². The van der Waals surface area contributed by atoms with Gasteiger partial charge >= 0.3 is 5.97 Å². The van der Waals surface area contributed by atoms with E-state index in [1.807, 2.05) is 13.0 Å². The summed E-state index contributed by atoms with van der Waals surface area (Å²) in [6.45, 7) is 1.85. The lowest BCUT2D eigenvalue weighted by Gasteiger charge is -2.09. The van der Waals surface area contributed by atoms with Gasteiger partial charge in [0.2, 0.25) is 0 Å². The van der Waals surface area contributed by atoms with E-state index in [4.69, 9.17) is 22.4 Å². The highest BCUT2D eigenvalue weighted by Crippen LogP contribution is 2.19. The first-order valence-corrected chi connectivity index (χ1v) is 4.62. The molecule has 0 saturated carbocycles. The molecule has 0 aliphatic rings. The molecule has 1 rings (SSSR count). The van der Waals surface area contributed by atoms with Crippen LogP contribution in [0, 0.1) is 6.92 Å². The zero-order valence-corrected chi connectivity index (χ0v) is 8.58. The Bertz CT molecular complexity index is 352. The molecule has 0 spiro atoms. The Morgan fingerprint density at radius 3 is 2.86 bits per heavy atom. The molecule has 3 N–H and O–H groups in total. The third-order valence-electron chi connectivity index (χ3n) is 2.14. The van der Waals surface area contributed by atoms with Gasteiger partial charge in [-0.15, -0.1) is 0 Å². The van der Waals surface area contributed by atoms with Crippen molar-refractivity contribution in [1.29, 1.82) is 0 Å². The lowest BCUT2D eigenvalue weighted by Crippen LogP contribution is -2.32. The van der Waals surface area contributed by atoms with Gasteiger partial charge in [-0.2, -0.15) is 0 Å². The maximum Gasteiger partial charge on any atom is 0.320 e. The van der Waals surface area contributed by atoms with Crippen molar-refractivity contribution in [2.24, 2.45) is 5.73 Å². The largest absolute Gasteiger partial charge is 0.480 e. The molecule has 0 unspecified atom stereocenters. The number of aliphatic carboxylic acids is 1. The van der Waals surface area contributed by atoms with Crippen LogP contribution < -0.4 is 5.73 Å². The van der Waals surface area contributed by atoms with Gasteiger partial charge in [-0.25, -0.2) is 0 Å². The van der Waals surface area contributed by atoms with Crippen LogP contribution in [0.15, 0.2) is 18.2 Å². The lowest BCUT2D eigenvalue weighted by atomic mass is 10.0. The van der Waals surface area contributed by atoms with E-state index in [1.165, 1.54) is 0 Å². The Labute approximate surface area is 87.5 Å². The number of hydrogen-bond acceptors (Lipinski definition) is 2. The van der Waals surface area contributed by atoms with Crippen LogP contribution >= 0.6 is 11.6 Å². The standard InChI is InChI=1S/C10H12ClNO2/c1-6-7(3-2-4-8(6)11)5-9(12)10(13)14/h2-4,9H,5,12H2,1H3,(H,13,14)/t9-/m0/s1. The lowest BCUT2D eigenvalue weighted by molar-refractivity contribution is -0.138. The number of rotatable bonds is 3. The molecule has 0 amide bonds. The predicted molar refractivity (Wildman–Crippen MR) is 55.5 cm³/mol. The fraction of sp³-hybridized carbons (Fsp3) is 0.300. The van der Waals surface area contributed by atoms with Crippen LogP contribution in [0.2, 0.25) is 5.02 Å². The Morgan fingerprint density at radius 2 is 2.29 bits per heavy atom. The van der Waals surface area contributed by atoms with Gasteiger partial charge in [0, 0.05) is 5.02 Å². The fourth-order valence-corrected chi connectivity index (χ4v) is 1.39. The summed E-state index contributed by atoms with van der Waals surface area (Å²) in [5.74, 6) is -0.996. The Kier molecular flexibility index (Phi) is 3.49. The summed E-state index contributed by atoms with van der Waals surface area (Å²) in [6, 6.07) is 4.53. The maximum absolute atomic E-state index is 10.5. The molecule has 4 heteroatoms. The van der Waals surface area contributed by atoms with E-state index >= 15 is 0 Å². The Hall–Kier alpha value is -1.06. The minimum Gasteiger partial charge on any atom is -0.480 e. The van der Waals surface area contributed by atoms with Gasteiger partial charge < -0.3 is 10.8 Å². The topological polar surface area (TPSA) is 63.3 Å². The molecule has 14 heavy (non-hydrogen) atoms. The number of carbonyl (C=O) groups is 1. The SMILES string of the molecule is Cc1c(Cl)cccc1C[C@H](N)C(=O)O. The average molecular weight is 214 g/mol. The normalized spacial score (nSPS) is 12.5. The summed E-state index contributed by atoms with van der Waals surface area (Å²) in [7, 11) is 0. The summed E-state index contributed by atoms with van der Waals surface area (Å²) in [5, 5.41) is 9.28. The molecule has 0 saturated heterocycles. The van der Waals surface area contributed by atoms with Crippen LogP contribution in [0.25, 0.3) is 0 Å². The Balaban J connectivity index is 2.87. The van der Waals surface area contributed by atoms with Crippen molar-refractivity contribution >= 4 is 17.6 Å². The highest BCUT2D eigenvalue weighted by Gasteiger charge is 2.13. The van der Waals surface area contributed by atoms with Gasteiger partial charge in [-0.3, -0.25) is 4.79 Å². The van der Waals surface area contributed by atoms with E-state index in [2.05, 4.69) is 0 Å². The van der Waals surface area contributed by atoms with Crippen molar-refractivity contribution in [2.45, 2.75) is 19.4 Å². The number of carboxylic acids is 1. The van der Waals surface area contributed by atoms with Crippen molar-refractivity contribution in [3.05, 3.63) is 34.3 Å². The summed E-state index contributed by atoms with van der Waals surface area (Å²) < 4.78 is 0. The molecule has 1 atom stereocenters. The summed E-state index contributed by atoms with van der Waals surface area (Å²) in [5.41, 5.74) is 7.20. The van der Waals surface area contributed by atoms with E-state index in [0.717, 1.165) is 11.1 Å². The molecule has 0 aliphatic carbocycles. The number of hydrogen-bond donors (Lipinski definition) is 2. The van der Waals surface area contributed by atoms with Gasteiger partial charge in [0.15, 0.2) is 0 Å². The van der Waals surface area contributed by atoms with Crippen LogP contribution in [-0.2, 0) is 11.2 Å². The van der Waals surface area contributed by atoms with E-state index in [0.29, 0.717) is 11.4 Å². The maximum atomic E-state index is 10.5. The van der Waals surface area contributed by atoms with E-state index in [-0.39, 0.29) is 0 Å². The second kappa shape index (κ2) is 4.44. The van der Waals surface area contributed by atoms with Gasteiger partial charge in [0.05, 0.1) is 0 Å². The number of benzene rings is 1. The third kappa shape index (κ3) is 2.47. The van der Waals surface area contributed by atoms with Crippen molar-refractivity contribution in [3.8, 4) is 0 Å². The number of nitrogens with two attached hydrogens (primary N) is 1. The highest BCUT2D eigenvalue weighted by atomic mass is 35.5. The van der Waals surface area contributed by atoms with Crippen LogP contribution in [0.1, 0.15) is 11.1 Å². The predicted octanol–water partition coefficient (Wildman–Crippen LogP) is 1.60. The monoisotopic (exact) mass is 213 g/mol. The van der Waals surface area contributed by atoms with Crippen LogP contribution in [0.5, 0.6) is 0 Å². The summed E-state index contributed by atoms with van der Waals surface area (Å²) in [4.78, 5) is 10.5. The number of halogens is 1. The quantitative estimate of drug-likeness (QED) is 0.802. The molecule has 0 heterocycles. The van der Waals surface area contributed by atoms with Gasteiger partial charge in [0.25, 0.3) is 0 Å². The molecule has 1 aromatic carbocycles. The third-order valence-corrected chi connectivity index (χ3v) is 2.55. The highest BCUT2D eigenvalue weighted by molar-refractivity contribution is 6.31. The van der Waals surface area contributed by atoms with Crippen LogP contribution in [0.4, 0.5) is 0 Å². The Morgan fingerprint density at radius 1 is 1.64 bits per heavy atom. The fourth-order valence-electron chi connectivity index (χ4n) is 1.20. The van der Waals surface area contributed by atoms with Crippen LogP contribution in [0.3, 0.4) is 0 Å². The number of carboxylic acid groups (broad SMARTS) is 1. The molecule has 76 valence electrons. The first-order valence-electron chi connectivity index (χ1n) is 4.24. The second-order valence-electron chi connectivity index (χ2n) is 3.17. The van der Waals surface area contributed by atoms with Gasteiger partial charge in [-0.05, 0) is 30.5 Å². The minimum atomic E-state index is -0.996. The van der Waals surface area contributed by atoms with E-state index < -0.39 is 12.0 Å². The van der Waals surface area contributed by atoms with E-state index in [1.54, 1.807) is 12.1 Å². The minimum absolute atomic E-state index is 0.307.